The van der Waals surface area contributed by atoms with Crippen LogP contribution in [0.5, 0.6) is 0 Å². The van der Waals surface area contributed by atoms with Gasteiger partial charge in [-0.2, -0.15) is 0 Å². The molecule has 3 rings (SSSR count). The summed E-state index contributed by atoms with van der Waals surface area (Å²) < 4.78 is 0. The molecule has 102 valence electrons. The van der Waals surface area contributed by atoms with Crippen molar-refractivity contribution in [2.45, 2.75) is 4.90 Å². The van der Waals surface area contributed by atoms with E-state index in [9.17, 15) is 0 Å². The van der Waals surface area contributed by atoms with Crippen LogP contribution in [0.3, 0.4) is 0 Å². The van der Waals surface area contributed by atoms with E-state index in [1.165, 1.54) is 0 Å². The second-order valence-corrected chi connectivity index (χ2v) is 5.74. The molecule has 0 amide bonds. The average Bonchev–Trinajstić information content (AvgIpc) is 2.79. The molecular weight excluding hydrogens is 290 g/mol. The summed E-state index contributed by atoms with van der Waals surface area (Å²) in [5, 5.41) is 1.62. The minimum Gasteiger partial charge on any atom is -0.377 e. The molecule has 0 saturated heterocycles. The Kier molecular flexibility index (Phi) is 3.36. The number of aromatic nitrogens is 2. The van der Waals surface area contributed by atoms with E-state index < -0.39 is 0 Å². The standard InChI is InChI=1S/C15H14ClN3S/c1-19(2)13-4-3-9(6-14(13)20)10-5-11-12(16)8-18-15(11)17-7-10/h3-8,20H,1-2H3,(H,17,18). The van der Waals surface area contributed by atoms with Gasteiger partial charge in [-0.1, -0.05) is 17.7 Å². The fourth-order valence-electron chi connectivity index (χ4n) is 2.21. The van der Waals surface area contributed by atoms with E-state index in [4.69, 9.17) is 11.6 Å². The molecule has 0 spiro atoms. The van der Waals surface area contributed by atoms with Crippen molar-refractivity contribution >= 4 is 41.0 Å². The number of fused-ring (bicyclic) bond motifs is 1. The second kappa shape index (κ2) is 5.04. The van der Waals surface area contributed by atoms with Gasteiger partial charge in [0.2, 0.25) is 0 Å². The molecule has 20 heavy (non-hydrogen) atoms. The minimum atomic E-state index is 0.686. The lowest BCUT2D eigenvalue weighted by Crippen LogP contribution is -2.09. The monoisotopic (exact) mass is 303 g/mol. The van der Waals surface area contributed by atoms with Crippen molar-refractivity contribution in [1.82, 2.24) is 9.97 Å². The molecule has 2 aromatic heterocycles. The van der Waals surface area contributed by atoms with Crippen LogP contribution in [-0.4, -0.2) is 24.1 Å². The zero-order valence-electron chi connectivity index (χ0n) is 11.2. The van der Waals surface area contributed by atoms with Gasteiger partial charge in [0.15, 0.2) is 0 Å². The smallest absolute Gasteiger partial charge is 0.138 e. The maximum Gasteiger partial charge on any atom is 0.138 e. The molecule has 0 atom stereocenters. The molecule has 3 aromatic rings. The molecule has 0 radical (unpaired) electrons. The Hall–Kier alpha value is -1.65. The molecule has 0 saturated carbocycles. The first-order chi connectivity index (χ1) is 9.56. The number of benzene rings is 1. The predicted octanol–water partition coefficient (Wildman–Crippen LogP) is 4.24. The zero-order chi connectivity index (χ0) is 14.3. The van der Waals surface area contributed by atoms with Crippen LogP contribution in [-0.2, 0) is 0 Å². The van der Waals surface area contributed by atoms with Crippen molar-refractivity contribution in [2.24, 2.45) is 0 Å². The fourth-order valence-corrected chi connectivity index (χ4v) is 2.82. The van der Waals surface area contributed by atoms with Gasteiger partial charge in [0.05, 0.1) is 5.02 Å². The zero-order valence-corrected chi connectivity index (χ0v) is 12.8. The van der Waals surface area contributed by atoms with Crippen LogP contribution in [0.2, 0.25) is 5.02 Å². The largest absolute Gasteiger partial charge is 0.377 e. The first kappa shape index (κ1) is 13.3. The number of nitrogens with zero attached hydrogens (tertiary/aromatic N) is 2. The van der Waals surface area contributed by atoms with Crippen molar-refractivity contribution in [3.63, 3.8) is 0 Å². The SMILES string of the molecule is CN(C)c1ccc(-c2cnc3[nH]cc(Cl)c3c2)cc1S. The predicted molar refractivity (Wildman–Crippen MR) is 88.1 cm³/mol. The van der Waals surface area contributed by atoms with Crippen molar-refractivity contribution < 1.29 is 0 Å². The number of hydrogen-bond acceptors (Lipinski definition) is 3. The van der Waals surface area contributed by atoms with Crippen molar-refractivity contribution in [2.75, 3.05) is 19.0 Å². The van der Waals surface area contributed by atoms with Gasteiger partial charge in [-0.15, -0.1) is 12.6 Å². The van der Waals surface area contributed by atoms with Gasteiger partial charge < -0.3 is 9.88 Å². The summed E-state index contributed by atoms with van der Waals surface area (Å²) in [4.78, 5) is 10.4. The number of aromatic amines is 1. The highest BCUT2D eigenvalue weighted by Gasteiger charge is 2.08. The summed E-state index contributed by atoms with van der Waals surface area (Å²) >= 11 is 10.7. The van der Waals surface area contributed by atoms with Crippen LogP contribution >= 0.6 is 24.2 Å². The van der Waals surface area contributed by atoms with Crippen LogP contribution < -0.4 is 4.90 Å². The van der Waals surface area contributed by atoms with Crippen LogP contribution in [0, 0.1) is 0 Å². The van der Waals surface area contributed by atoms with E-state index in [0.29, 0.717) is 5.02 Å². The van der Waals surface area contributed by atoms with E-state index >= 15 is 0 Å². The number of pyridine rings is 1. The van der Waals surface area contributed by atoms with Gasteiger partial charge in [0.1, 0.15) is 5.65 Å². The van der Waals surface area contributed by atoms with Crippen molar-refractivity contribution in [3.05, 3.63) is 41.7 Å². The van der Waals surface area contributed by atoms with E-state index in [2.05, 4.69) is 34.7 Å². The molecular formula is C15H14ClN3S. The Labute approximate surface area is 128 Å². The van der Waals surface area contributed by atoms with Gasteiger partial charge in [-0.3, -0.25) is 0 Å². The molecule has 2 heterocycles. The number of rotatable bonds is 2. The third-order valence-electron chi connectivity index (χ3n) is 3.27. The Morgan fingerprint density at radius 1 is 1.20 bits per heavy atom. The fraction of sp³-hybridized carbons (Fsp3) is 0.133. The lowest BCUT2D eigenvalue weighted by Gasteiger charge is -2.15. The van der Waals surface area contributed by atoms with Gasteiger partial charge >= 0.3 is 0 Å². The quantitative estimate of drug-likeness (QED) is 0.694. The number of nitrogens with one attached hydrogen (secondary N) is 1. The van der Waals surface area contributed by atoms with Gasteiger partial charge in [-0.25, -0.2) is 4.98 Å². The molecule has 0 aliphatic heterocycles. The summed E-state index contributed by atoms with van der Waals surface area (Å²) in [6.07, 6.45) is 3.59. The lowest BCUT2D eigenvalue weighted by atomic mass is 10.1. The summed E-state index contributed by atoms with van der Waals surface area (Å²) in [5.74, 6) is 0. The van der Waals surface area contributed by atoms with Crippen LogP contribution in [0.4, 0.5) is 5.69 Å². The number of thiol groups is 1. The first-order valence-electron chi connectivity index (χ1n) is 6.19. The first-order valence-corrected chi connectivity index (χ1v) is 7.02. The molecule has 0 aliphatic carbocycles. The molecule has 5 heteroatoms. The third-order valence-corrected chi connectivity index (χ3v) is 3.94. The highest BCUT2D eigenvalue weighted by molar-refractivity contribution is 7.80. The normalized spacial score (nSPS) is 11.0. The molecule has 3 nitrogen and oxygen atoms in total. The Morgan fingerprint density at radius 2 is 2.00 bits per heavy atom. The van der Waals surface area contributed by atoms with Gasteiger partial charge in [0.25, 0.3) is 0 Å². The Bertz CT molecular complexity index is 780. The minimum absolute atomic E-state index is 0.686. The van der Waals surface area contributed by atoms with E-state index in [0.717, 1.165) is 32.7 Å². The van der Waals surface area contributed by atoms with Crippen LogP contribution in [0.1, 0.15) is 0 Å². The molecule has 0 aliphatic rings. The number of H-pyrrole nitrogens is 1. The molecule has 0 fully saturated rings. The highest BCUT2D eigenvalue weighted by Crippen LogP contribution is 2.31. The summed E-state index contributed by atoms with van der Waals surface area (Å²) in [6.45, 7) is 0. The van der Waals surface area contributed by atoms with Crippen LogP contribution in [0.15, 0.2) is 41.6 Å². The topological polar surface area (TPSA) is 31.9 Å². The Morgan fingerprint density at radius 3 is 2.70 bits per heavy atom. The maximum atomic E-state index is 6.14. The summed E-state index contributed by atoms with van der Waals surface area (Å²) in [7, 11) is 4.00. The number of anilines is 1. The average molecular weight is 304 g/mol. The van der Waals surface area contributed by atoms with Crippen molar-refractivity contribution in [3.8, 4) is 11.1 Å². The Balaban J connectivity index is 2.10. The van der Waals surface area contributed by atoms with Gasteiger partial charge in [-0.05, 0) is 23.8 Å². The summed E-state index contributed by atoms with van der Waals surface area (Å²) in [5.41, 5.74) is 3.99. The second-order valence-electron chi connectivity index (χ2n) is 4.85. The lowest BCUT2D eigenvalue weighted by molar-refractivity contribution is 1.10. The van der Waals surface area contributed by atoms with E-state index in [-0.39, 0.29) is 0 Å². The number of halogens is 1. The molecule has 1 aromatic carbocycles. The number of hydrogen-bond donors (Lipinski definition) is 2. The third kappa shape index (κ3) is 2.25. The summed E-state index contributed by atoms with van der Waals surface area (Å²) in [6, 6.07) is 8.21. The van der Waals surface area contributed by atoms with E-state index in [1.807, 2.05) is 37.3 Å². The molecule has 1 N–H and O–H groups in total. The van der Waals surface area contributed by atoms with E-state index in [1.54, 1.807) is 6.20 Å². The van der Waals surface area contributed by atoms with Gasteiger partial charge in [0, 0.05) is 48.0 Å². The van der Waals surface area contributed by atoms with Crippen LogP contribution in [0.25, 0.3) is 22.2 Å². The molecule has 0 unspecified atom stereocenters. The van der Waals surface area contributed by atoms with Crippen molar-refractivity contribution in [1.29, 1.82) is 0 Å². The molecule has 0 bridgehead atoms. The maximum absolute atomic E-state index is 6.14. The highest BCUT2D eigenvalue weighted by atomic mass is 35.5.